The number of benzene rings is 1. The molecule has 4 aliphatic carbocycles. The van der Waals surface area contributed by atoms with Crippen LogP contribution in [0.5, 0.6) is 0 Å². The van der Waals surface area contributed by atoms with Crippen molar-refractivity contribution in [3.8, 4) is 0 Å². The quantitative estimate of drug-likeness (QED) is 0.270. The standard InChI is InChI=1S/C32H44O5/c1-6-22-17-24-18-32(35,37-19-21-7-9-23(10-8-21)29(34)36-5)16-15-30(24,3)27-13-14-31(4)25(20(2)33)11-12-26(31)28(22)27/h7-10,17,22,25-28,35H,6,11-16,18-19H2,1-5H3/t22?,25-,26?,27?,28?,30+,31-,32+/m1/s1. The molecule has 0 spiro atoms. The van der Waals surface area contributed by atoms with Crippen molar-refractivity contribution in [3.63, 3.8) is 0 Å². The number of carbonyl (C=O) groups is 2. The van der Waals surface area contributed by atoms with Crippen LogP contribution in [0.4, 0.5) is 0 Å². The van der Waals surface area contributed by atoms with Crippen molar-refractivity contribution >= 4 is 11.8 Å². The third-order valence-corrected chi connectivity index (χ3v) is 11.1. The lowest BCUT2D eigenvalue weighted by Crippen LogP contribution is -2.55. The van der Waals surface area contributed by atoms with E-state index in [1.54, 1.807) is 19.1 Å². The van der Waals surface area contributed by atoms with Gasteiger partial charge in [0.15, 0.2) is 5.79 Å². The first-order valence-corrected chi connectivity index (χ1v) is 14.3. The fourth-order valence-electron chi connectivity index (χ4n) is 9.03. The molecular formula is C32H44O5. The molecule has 0 heterocycles. The van der Waals surface area contributed by atoms with Crippen LogP contribution in [0.2, 0.25) is 0 Å². The minimum Gasteiger partial charge on any atom is -0.465 e. The first-order chi connectivity index (χ1) is 17.5. The van der Waals surface area contributed by atoms with Crippen molar-refractivity contribution in [3.05, 3.63) is 47.0 Å². The van der Waals surface area contributed by atoms with Gasteiger partial charge in [-0.15, -0.1) is 0 Å². The number of methoxy groups -OCH3 is 1. The highest BCUT2D eigenvalue weighted by Gasteiger charge is 2.62. The molecule has 0 aliphatic heterocycles. The molecule has 0 amide bonds. The van der Waals surface area contributed by atoms with Gasteiger partial charge >= 0.3 is 5.97 Å². The summed E-state index contributed by atoms with van der Waals surface area (Å²) in [5.41, 5.74) is 3.03. The molecule has 4 unspecified atom stereocenters. The Morgan fingerprint density at radius 3 is 2.41 bits per heavy atom. The minimum absolute atomic E-state index is 0.0870. The summed E-state index contributed by atoms with van der Waals surface area (Å²) in [6.07, 6.45) is 10.3. The summed E-state index contributed by atoms with van der Waals surface area (Å²) in [4.78, 5) is 24.2. The van der Waals surface area contributed by atoms with Crippen LogP contribution in [0.15, 0.2) is 35.9 Å². The molecule has 5 heteroatoms. The van der Waals surface area contributed by atoms with Crippen LogP contribution in [0.3, 0.4) is 0 Å². The van der Waals surface area contributed by atoms with E-state index in [1.807, 2.05) is 12.1 Å². The average molecular weight is 509 g/mol. The normalized spacial score (nSPS) is 40.7. The molecule has 0 radical (unpaired) electrons. The summed E-state index contributed by atoms with van der Waals surface area (Å²) >= 11 is 0. The molecule has 1 N–H and O–H groups in total. The molecule has 37 heavy (non-hydrogen) atoms. The van der Waals surface area contributed by atoms with Gasteiger partial charge in [0, 0.05) is 18.8 Å². The summed E-state index contributed by atoms with van der Waals surface area (Å²) in [6, 6.07) is 7.18. The van der Waals surface area contributed by atoms with Crippen molar-refractivity contribution < 1.29 is 24.2 Å². The van der Waals surface area contributed by atoms with Crippen molar-refractivity contribution in [1.82, 2.24) is 0 Å². The largest absolute Gasteiger partial charge is 0.465 e. The van der Waals surface area contributed by atoms with Gasteiger partial charge in [-0.3, -0.25) is 4.79 Å². The SMILES string of the molecule is CCC1C=C2C[C@@](O)(OCc3ccc(C(=O)OC)cc3)CC[C@]2(C)C2CC[C@@]3(C)C(CC[C@@H]3C(C)=O)C12. The predicted octanol–water partition coefficient (Wildman–Crippen LogP) is 6.48. The number of ether oxygens (including phenoxy) is 2. The Morgan fingerprint density at radius 1 is 1.03 bits per heavy atom. The number of carbonyl (C=O) groups excluding carboxylic acids is 2. The van der Waals surface area contributed by atoms with Gasteiger partial charge in [0.2, 0.25) is 0 Å². The number of hydrogen-bond acceptors (Lipinski definition) is 5. The van der Waals surface area contributed by atoms with Crippen LogP contribution in [0, 0.1) is 40.4 Å². The van der Waals surface area contributed by atoms with Crippen LogP contribution in [-0.4, -0.2) is 29.8 Å². The average Bonchev–Trinajstić information content (AvgIpc) is 3.25. The van der Waals surface area contributed by atoms with E-state index in [0.29, 0.717) is 54.5 Å². The van der Waals surface area contributed by atoms with E-state index in [-0.39, 0.29) is 22.7 Å². The molecule has 8 atom stereocenters. The summed E-state index contributed by atoms with van der Waals surface area (Å²) < 4.78 is 10.9. The van der Waals surface area contributed by atoms with E-state index < -0.39 is 5.79 Å². The van der Waals surface area contributed by atoms with Gasteiger partial charge in [0.1, 0.15) is 5.78 Å². The number of fused-ring (bicyclic) bond motifs is 5. The number of hydrogen-bond donors (Lipinski definition) is 1. The van der Waals surface area contributed by atoms with Crippen molar-refractivity contribution in [2.24, 2.45) is 40.4 Å². The predicted molar refractivity (Wildman–Crippen MR) is 143 cm³/mol. The van der Waals surface area contributed by atoms with Gasteiger partial charge in [0.05, 0.1) is 19.3 Å². The maximum absolute atomic E-state index is 12.5. The maximum Gasteiger partial charge on any atom is 0.337 e. The molecule has 5 rings (SSSR count). The van der Waals surface area contributed by atoms with E-state index >= 15 is 0 Å². The second-order valence-electron chi connectivity index (χ2n) is 12.9. The fourth-order valence-corrected chi connectivity index (χ4v) is 9.03. The molecule has 3 fully saturated rings. The summed E-state index contributed by atoms with van der Waals surface area (Å²) in [5, 5.41) is 11.5. The zero-order chi connectivity index (χ0) is 26.6. The topological polar surface area (TPSA) is 72.8 Å². The third-order valence-electron chi connectivity index (χ3n) is 11.1. The van der Waals surface area contributed by atoms with Crippen LogP contribution in [0.1, 0.15) is 95.0 Å². The van der Waals surface area contributed by atoms with Crippen molar-refractivity contribution in [1.29, 1.82) is 0 Å². The van der Waals surface area contributed by atoms with Crippen LogP contribution < -0.4 is 0 Å². The molecule has 0 bridgehead atoms. The van der Waals surface area contributed by atoms with Gasteiger partial charge in [-0.1, -0.05) is 44.6 Å². The highest BCUT2D eigenvalue weighted by atomic mass is 16.6. The first-order valence-electron chi connectivity index (χ1n) is 14.3. The van der Waals surface area contributed by atoms with E-state index in [4.69, 9.17) is 9.47 Å². The number of allylic oxidation sites excluding steroid dienone is 1. The zero-order valence-corrected chi connectivity index (χ0v) is 23.2. The Kier molecular flexibility index (Phi) is 6.94. The monoisotopic (exact) mass is 508 g/mol. The van der Waals surface area contributed by atoms with Crippen molar-refractivity contribution in [2.45, 2.75) is 91.5 Å². The van der Waals surface area contributed by atoms with Crippen LogP contribution in [0.25, 0.3) is 0 Å². The van der Waals surface area contributed by atoms with Gasteiger partial charge in [-0.05, 0) is 97.6 Å². The van der Waals surface area contributed by atoms with E-state index in [1.165, 1.54) is 25.5 Å². The number of esters is 1. The Labute approximate surface area is 222 Å². The molecular weight excluding hydrogens is 464 g/mol. The Morgan fingerprint density at radius 2 is 1.76 bits per heavy atom. The summed E-state index contributed by atoms with van der Waals surface area (Å²) in [7, 11) is 1.37. The summed E-state index contributed by atoms with van der Waals surface area (Å²) in [5.74, 6) is 1.42. The number of aliphatic hydroxyl groups is 1. The van der Waals surface area contributed by atoms with Crippen LogP contribution >= 0.6 is 0 Å². The fraction of sp³-hybridized carbons (Fsp3) is 0.688. The minimum atomic E-state index is -1.17. The second-order valence-corrected chi connectivity index (χ2v) is 12.9. The van der Waals surface area contributed by atoms with Gasteiger partial charge in [-0.25, -0.2) is 4.79 Å². The first kappa shape index (κ1) is 26.6. The molecule has 0 aromatic heterocycles. The number of ketones is 1. The second kappa shape index (κ2) is 9.64. The molecule has 5 nitrogen and oxygen atoms in total. The Hall–Kier alpha value is -1.98. The lowest BCUT2D eigenvalue weighted by atomic mass is 9.45. The molecule has 1 aromatic carbocycles. The number of Topliss-reactive ketones (excluding diaryl/α,β-unsaturated/α-hetero) is 1. The molecule has 4 aliphatic rings. The van der Waals surface area contributed by atoms with Crippen molar-refractivity contribution in [2.75, 3.05) is 7.11 Å². The number of rotatable bonds is 6. The molecule has 202 valence electrons. The Bertz CT molecular complexity index is 1080. The Balaban J connectivity index is 1.34. The maximum atomic E-state index is 12.5. The summed E-state index contributed by atoms with van der Waals surface area (Å²) in [6.45, 7) is 9.25. The highest BCUT2D eigenvalue weighted by molar-refractivity contribution is 5.89. The van der Waals surface area contributed by atoms with E-state index in [9.17, 15) is 14.7 Å². The lowest BCUT2D eigenvalue weighted by molar-refractivity contribution is -0.232. The molecule has 0 saturated heterocycles. The lowest BCUT2D eigenvalue weighted by Gasteiger charge is -2.60. The van der Waals surface area contributed by atoms with Crippen LogP contribution in [-0.2, 0) is 20.9 Å². The zero-order valence-electron chi connectivity index (χ0n) is 23.2. The molecule has 1 aromatic rings. The van der Waals surface area contributed by atoms with Gasteiger partial charge < -0.3 is 14.6 Å². The smallest absolute Gasteiger partial charge is 0.337 e. The third kappa shape index (κ3) is 4.40. The van der Waals surface area contributed by atoms with Gasteiger partial charge in [-0.2, -0.15) is 0 Å². The van der Waals surface area contributed by atoms with E-state index in [2.05, 4.69) is 26.8 Å². The van der Waals surface area contributed by atoms with E-state index in [0.717, 1.165) is 31.2 Å². The highest BCUT2D eigenvalue weighted by Crippen LogP contribution is 2.68. The van der Waals surface area contributed by atoms with Gasteiger partial charge in [0.25, 0.3) is 0 Å². The molecule has 3 saturated carbocycles.